The molecule has 0 heterocycles. The molecule has 0 bridgehead atoms. The van der Waals surface area contributed by atoms with Crippen molar-refractivity contribution in [3.8, 4) is 5.75 Å². The molecule has 0 unspecified atom stereocenters. The van der Waals surface area contributed by atoms with E-state index in [2.05, 4.69) is 5.32 Å². The number of hydrogen-bond acceptors (Lipinski definition) is 3. The summed E-state index contributed by atoms with van der Waals surface area (Å²) in [4.78, 5) is 0. The Labute approximate surface area is 108 Å². The second kappa shape index (κ2) is 6.24. The molecule has 0 aliphatic rings. The Bertz CT molecular complexity index is 361. The highest BCUT2D eigenvalue weighted by molar-refractivity contribution is 6.31. The maximum absolute atomic E-state index is 6.14. The van der Waals surface area contributed by atoms with Crippen LogP contribution in [0.3, 0.4) is 0 Å². The van der Waals surface area contributed by atoms with E-state index in [-0.39, 0.29) is 5.54 Å². The zero-order valence-corrected chi connectivity index (χ0v) is 11.5. The number of nitrogens with one attached hydrogen (secondary N) is 1. The van der Waals surface area contributed by atoms with Crippen molar-refractivity contribution in [3.05, 3.63) is 28.8 Å². The highest BCUT2D eigenvalue weighted by Crippen LogP contribution is 2.22. The number of rotatable bonds is 6. The first kappa shape index (κ1) is 14.3. The average molecular weight is 257 g/mol. The van der Waals surface area contributed by atoms with Crippen molar-refractivity contribution < 1.29 is 4.74 Å². The van der Waals surface area contributed by atoms with Gasteiger partial charge in [-0.1, -0.05) is 17.7 Å². The molecule has 0 fully saturated rings. The van der Waals surface area contributed by atoms with Gasteiger partial charge >= 0.3 is 0 Å². The van der Waals surface area contributed by atoms with Gasteiger partial charge in [-0.2, -0.15) is 0 Å². The minimum atomic E-state index is -0.177. The van der Waals surface area contributed by atoms with E-state index in [0.717, 1.165) is 35.8 Å². The summed E-state index contributed by atoms with van der Waals surface area (Å²) < 4.78 is 5.10. The monoisotopic (exact) mass is 256 g/mol. The van der Waals surface area contributed by atoms with Crippen LogP contribution in [0.4, 0.5) is 0 Å². The Hall–Kier alpha value is -0.770. The normalized spacial score (nSPS) is 11.6. The Kier molecular flexibility index (Phi) is 5.25. The maximum atomic E-state index is 6.14. The van der Waals surface area contributed by atoms with Crippen LogP contribution >= 0.6 is 11.6 Å². The first-order valence-electron chi connectivity index (χ1n) is 5.74. The van der Waals surface area contributed by atoms with E-state index in [0.29, 0.717) is 0 Å². The van der Waals surface area contributed by atoms with Gasteiger partial charge in [0.15, 0.2) is 0 Å². The summed E-state index contributed by atoms with van der Waals surface area (Å²) in [6.07, 6.45) is 0.888. The van der Waals surface area contributed by atoms with Crippen molar-refractivity contribution in [3.63, 3.8) is 0 Å². The number of benzene rings is 1. The molecule has 1 aromatic rings. The molecule has 96 valence electrons. The SMILES string of the molecule is COc1ccc(CCNCC(C)(C)N)c(Cl)c1. The van der Waals surface area contributed by atoms with Crippen LogP contribution in [0, 0.1) is 0 Å². The van der Waals surface area contributed by atoms with E-state index in [1.807, 2.05) is 32.0 Å². The molecule has 0 aromatic heterocycles. The van der Waals surface area contributed by atoms with Crippen molar-refractivity contribution in [2.45, 2.75) is 25.8 Å². The van der Waals surface area contributed by atoms with Gasteiger partial charge in [-0.25, -0.2) is 0 Å². The summed E-state index contributed by atoms with van der Waals surface area (Å²) in [5.74, 6) is 0.787. The Morgan fingerprint density at radius 1 is 1.41 bits per heavy atom. The van der Waals surface area contributed by atoms with Gasteiger partial charge in [0.05, 0.1) is 7.11 Å². The number of methoxy groups -OCH3 is 1. The highest BCUT2D eigenvalue weighted by Gasteiger charge is 2.09. The Morgan fingerprint density at radius 3 is 2.65 bits per heavy atom. The van der Waals surface area contributed by atoms with Crippen LogP contribution in [-0.2, 0) is 6.42 Å². The van der Waals surface area contributed by atoms with Crippen LogP contribution < -0.4 is 15.8 Å². The summed E-state index contributed by atoms with van der Waals surface area (Å²) in [7, 11) is 1.64. The third kappa shape index (κ3) is 5.39. The molecular weight excluding hydrogens is 236 g/mol. The quantitative estimate of drug-likeness (QED) is 0.768. The lowest BCUT2D eigenvalue weighted by Crippen LogP contribution is -2.43. The highest BCUT2D eigenvalue weighted by atomic mass is 35.5. The minimum absolute atomic E-state index is 0.177. The van der Waals surface area contributed by atoms with E-state index in [1.54, 1.807) is 7.11 Å². The Morgan fingerprint density at radius 2 is 2.12 bits per heavy atom. The molecule has 0 amide bonds. The van der Waals surface area contributed by atoms with E-state index < -0.39 is 0 Å². The van der Waals surface area contributed by atoms with Crippen LogP contribution in [0.15, 0.2) is 18.2 Å². The fourth-order valence-electron chi connectivity index (χ4n) is 1.49. The maximum Gasteiger partial charge on any atom is 0.120 e. The van der Waals surface area contributed by atoms with Gasteiger partial charge in [0, 0.05) is 17.1 Å². The van der Waals surface area contributed by atoms with Gasteiger partial charge in [0.1, 0.15) is 5.75 Å². The lowest BCUT2D eigenvalue weighted by atomic mass is 10.1. The molecule has 0 spiro atoms. The molecule has 0 radical (unpaired) electrons. The molecule has 0 atom stereocenters. The van der Waals surface area contributed by atoms with Crippen LogP contribution in [-0.4, -0.2) is 25.7 Å². The molecule has 1 rings (SSSR count). The molecule has 0 saturated carbocycles. The summed E-state index contributed by atoms with van der Waals surface area (Å²) in [5, 5.41) is 4.06. The topological polar surface area (TPSA) is 47.3 Å². The average Bonchev–Trinajstić information content (AvgIpc) is 2.24. The zero-order valence-electron chi connectivity index (χ0n) is 10.7. The van der Waals surface area contributed by atoms with E-state index >= 15 is 0 Å². The van der Waals surface area contributed by atoms with Crippen LogP contribution in [0.1, 0.15) is 19.4 Å². The molecule has 17 heavy (non-hydrogen) atoms. The van der Waals surface area contributed by atoms with Crippen LogP contribution in [0.2, 0.25) is 5.02 Å². The molecule has 4 heteroatoms. The fourth-order valence-corrected chi connectivity index (χ4v) is 1.76. The van der Waals surface area contributed by atoms with E-state index in [4.69, 9.17) is 22.1 Å². The van der Waals surface area contributed by atoms with E-state index in [1.165, 1.54) is 0 Å². The molecule has 3 nitrogen and oxygen atoms in total. The van der Waals surface area contributed by atoms with Crippen molar-refractivity contribution in [2.24, 2.45) is 5.73 Å². The molecule has 1 aromatic carbocycles. The van der Waals surface area contributed by atoms with Gasteiger partial charge in [-0.3, -0.25) is 0 Å². The second-order valence-corrected chi connectivity index (χ2v) is 5.28. The summed E-state index contributed by atoms with van der Waals surface area (Å²) in [6, 6.07) is 5.76. The third-order valence-electron chi connectivity index (χ3n) is 2.41. The predicted molar refractivity (Wildman–Crippen MR) is 72.8 cm³/mol. The first-order valence-corrected chi connectivity index (χ1v) is 6.12. The zero-order chi connectivity index (χ0) is 12.9. The van der Waals surface area contributed by atoms with Crippen molar-refractivity contribution in [1.82, 2.24) is 5.32 Å². The van der Waals surface area contributed by atoms with Gasteiger partial charge in [0.25, 0.3) is 0 Å². The lowest BCUT2D eigenvalue weighted by molar-refractivity contribution is 0.414. The Balaban J connectivity index is 2.42. The number of halogens is 1. The largest absolute Gasteiger partial charge is 0.497 e. The summed E-state index contributed by atoms with van der Waals surface area (Å²) in [5.41, 5.74) is 6.82. The van der Waals surface area contributed by atoms with Crippen LogP contribution in [0.5, 0.6) is 5.75 Å². The standard InChI is InChI=1S/C13H21ClN2O/c1-13(2,15)9-16-7-6-10-4-5-11(17-3)8-12(10)14/h4-5,8,16H,6-7,9,15H2,1-3H3. The first-order chi connectivity index (χ1) is 7.92. The van der Waals surface area contributed by atoms with E-state index in [9.17, 15) is 0 Å². The van der Waals surface area contributed by atoms with Gasteiger partial charge in [-0.15, -0.1) is 0 Å². The second-order valence-electron chi connectivity index (χ2n) is 4.87. The van der Waals surface area contributed by atoms with Gasteiger partial charge < -0.3 is 15.8 Å². The molecule has 0 saturated heterocycles. The number of hydrogen-bond donors (Lipinski definition) is 2. The smallest absolute Gasteiger partial charge is 0.120 e. The number of ether oxygens (including phenoxy) is 1. The third-order valence-corrected chi connectivity index (χ3v) is 2.76. The molecule has 3 N–H and O–H groups in total. The summed E-state index contributed by atoms with van der Waals surface area (Å²) in [6.45, 7) is 5.66. The van der Waals surface area contributed by atoms with Crippen molar-refractivity contribution >= 4 is 11.6 Å². The molecule has 0 aliphatic carbocycles. The minimum Gasteiger partial charge on any atom is -0.497 e. The van der Waals surface area contributed by atoms with Crippen LogP contribution in [0.25, 0.3) is 0 Å². The fraction of sp³-hybridized carbons (Fsp3) is 0.538. The van der Waals surface area contributed by atoms with Gasteiger partial charge in [0.2, 0.25) is 0 Å². The van der Waals surface area contributed by atoms with Crippen molar-refractivity contribution in [2.75, 3.05) is 20.2 Å². The number of nitrogens with two attached hydrogens (primary N) is 1. The summed E-state index contributed by atoms with van der Waals surface area (Å²) >= 11 is 6.14. The molecular formula is C13H21ClN2O. The lowest BCUT2D eigenvalue weighted by Gasteiger charge is -2.19. The van der Waals surface area contributed by atoms with Gasteiger partial charge in [-0.05, 0) is 44.5 Å². The molecule has 0 aliphatic heterocycles. The van der Waals surface area contributed by atoms with Crippen molar-refractivity contribution in [1.29, 1.82) is 0 Å². The predicted octanol–water partition coefficient (Wildman–Crippen LogP) is 2.22.